The summed E-state index contributed by atoms with van der Waals surface area (Å²) >= 11 is 6.28. The van der Waals surface area contributed by atoms with E-state index >= 15 is 0 Å². The van der Waals surface area contributed by atoms with E-state index < -0.39 is 0 Å². The van der Waals surface area contributed by atoms with Gasteiger partial charge in [0, 0.05) is 36.6 Å². The summed E-state index contributed by atoms with van der Waals surface area (Å²) in [6.45, 7) is 9.59. The predicted octanol–water partition coefficient (Wildman–Crippen LogP) is 4.62. The second kappa shape index (κ2) is 8.09. The maximum absolute atomic E-state index is 12.3. The molecule has 3 atom stereocenters. The van der Waals surface area contributed by atoms with Crippen molar-refractivity contribution in [2.24, 2.45) is 0 Å². The predicted molar refractivity (Wildman–Crippen MR) is 104 cm³/mol. The van der Waals surface area contributed by atoms with E-state index in [1.807, 2.05) is 13.8 Å². The second-order valence-electron chi connectivity index (χ2n) is 7.83. The standard InChI is InChI=1S/C21H31ClN2O/c1-4-21(25)24-18-7-8-19(24)14-23(12-10-18)11-9-15(2)17-6-5-16(3)20(22)13-17/h5-6,13,15,18-19H,4,7-12,14H2,1-3H3. The normalized spacial score (nSPS) is 25.0. The molecule has 2 aliphatic heterocycles. The zero-order valence-corrected chi connectivity index (χ0v) is 16.6. The molecule has 3 nitrogen and oxygen atoms in total. The lowest BCUT2D eigenvalue weighted by atomic mass is 9.96. The number of hydrogen-bond acceptors (Lipinski definition) is 2. The van der Waals surface area contributed by atoms with Gasteiger partial charge in [0.15, 0.2) is 0 Å². The molecule has 1 amide bonds. The van der Waals surface area contributed by atoms with Gasteiger partial charge in [0.25, 0.3) is 0 Å². The van der Waals surface area contributed by atoms with Crippen LogP contribution in [0.5, 0.6) is 0 Å². The van der Waals surface area contributed by atoms with Crippen LogP contribution in [-0.4, -0.2) is 47.4 Å². The highest BCUT2D eigenvalue weighted by atomic mass is 35.5. The molecule has 138 valence electrons. The minimum Gasteiger partial charge on any atom is -0.335 e. The van der Waals surface area contributed by atoms with Gasteiger partial charge in [-0.25, -0.2) is 0 Å². The van der Waals surface area contributed by atoms with Gasteiger partial charge in [-0.05, 0) is 62.3 Å². The lowest BCUT2D eigenvalue weighted by Gasteiger charge is -2.29. The van der Waals surface area contributed by atoms with Crippen LogP contribution < -0.4 is 0 Å². The van der Waals surface area contributed by atoms with Crippen LogP contribution in [0.1, 0.15) is 63.0 Å². The molecule has 3 rings (SSSR count). The number of amides is 1. The Morgan fingerprint density at radius 3 is 2.76 bits per heavy atom. The number of likely N-dealkylation sites (tertiary alicyclic amines) is 1. The molecule has 2 heterocycles. The molecule has 0 aliphatic carbocycles. The molecule has 2 fully saturated rings. The molecule has 2 bridgehead atoms. The van der Waals surface area contributed by atoms with E-state index in [1.54, 1.807) is 0 Å². The summed E-state index contributed by atoms with van der Waals surface area (Å²) in [5, 5.41) is 0.866. The Labute approximate surface area is 157 Å². The van der Waals surface area contributed by atoms with Crippen molar-refractivity contribution in [3.8, 4) is 0 Å². The fraction of sp³-hybridized carbons (Fsp3) is 0.667. The van der Waals surface area contributed by atoms with E-state index in [1.165, 1.54) is 18.4 Å². The monoisotopic (exact) mass is 362 g/mol. The van der Waals surface area contributed by atoms with Gasteiger partial charge < -0.3 is 9.80 Å². The van der Waals surface area contributed by atoms with Gasteiger partial charge in [0.2, 0.25) is 5.91 Å². The number of hydrogen-bond donors (Lipinski definition) is 0. The first kappa shape index (κ1) is 18.7. The van der Waals surface area contributed by atoms with Gasteiger partial charge in [0.05, 0.1) is 0 Å². The van der Waals surface area contributed by atoms with Crippen LogP contribution in [0.4, 0.5) is 0 Å². The van der Waals surface area contributed by atoms with Gasteiger partial charge in [-0.3, -0.25) is 4.79 Å². The summed E-state index contributed by atoms with van der Waals surface area (Å²) in [5.41, 5.74) is 2.47. The first-order chi connectivity index (χ1) is 12.0. The van der Waals surface area contributed by atoms with Crippen molar-refractivity contribution >= 4 is 17.5 Å². The Hall–Kier alpha value is -1.06. The molecule has 0 radical (unpaired) electrons. The Morgan fingerprint density at radius 2 is 2.04 bits per heavy atom. The smallest absolute Gasteiger partial charge is 0.222 e. The van der Waals surface area contributed by atoms with Gasteiger partial charge in [0.1, 0.15) is 0 Å². The van der Waals surface area contributed by atoms with Crippen molar-refractivity contribution in [2.75, 3.05) is 19.6 Å². The van der Waals surface area contributed by atoms with Crippen molar-refractivity contribution in [1.82, 2.24) is 9.80 Å². The van der Waals surface area contributed by atoms with Crippen LogP contribution in [0.25, 0.3) is 0 Å². The van der Waals surface area contributed by atoms with Crippen LogP contribution in [0, 0.1) is 6.92 Å². The number of carbonyl (C=O) groups is 1. The first-order valence-corrected chi connectivity index (χ1v) is 10.2. The van der Waals surface area contributed by atoms with Gasteiger partial charge >= 0.3 is 0 Å². The third-order valence-corrected chi connectivity index (χ3v) is 6.51. The van der Waals surface area contributed by atoms with Crippen LogP contribution in [0.3, 0.4) is 0 Å². The fourth-order valence-electron chi connectivity index (χ4n) is 4.40. The summed E-state index contributed by atoms with van der Waals surface area (Å²) in [7, 11) is 0. The SMILES string of the molecule is CCC(=O)N1C2CCC1CN(CCC(C)c1ccc(C)c(Cl)c1)CC2. The Morgan fingerprint density at radius 1 is 1.28 bits per heavy atom. The highest BCUT2D eigenvalue weighted by Gasteiger charge is 2.39. The fourth-order valence-corrected chi connectivity index (χ4v) is 4.59. The van der Waals surface area contributed by atoms with Crippen LogP contribution >= 0.6 is 11.6 Å². The first-order valence-electron chi connectivity index (χ1n) is 9.79. The molecule has 25 heavy (non-hydrogen) atoms. The van der Waals surface area contributed by atoms with Crippen molar-refractivity contribution < 1.29 is 4.79 Å². The Kier molecular flexibility index (Phi) is 6.06. The summed E-state index contributed by atoms with van der Waals surface area (Å²) < 4.78 is 0. The third kappa shape index (κ3) is 4.20. The molecular weight excluding hydrogens is 332 g/mol. The van der Waals surface area contributed by atoms with E-state index in [0.717, 1.165) is 43.1 Å². The number of fused-ring (bicyclic) bond motifs is 2. The van der Waals surface area contributed by atoms with Crippen LogP contribution in [0.15, 0.2) is 18.2 Å². The van der Waals surface area contributed by atoms with Crippen molar-refractivity contribution in [3.05, 3.63) is 34.3 Å². The minimum atomic E-state index is 0.344. The summed E-state index contributed by atoms with van der Waals surface area (Å²) in [4.78, 5) is 17.1. The van der Waals surface area contributed by atoms with Crippen molar-refractivity contribution in [1.29, 1.82) is 0 Å². The van der Waals surface area contributed by atoms with Crippen LogP contribution in [0.2, 0.25) is 5.02 Å². The molecule has 0 spiro atoms. The summed E-state index contributed by atoms with van der Waals surface area (Å²) in [6.07, 6.45) is 5.28. The topological polar surface area (TPSA) is 23.6 Å². The molecule has 1 aromatic carbocycles. The van der Waals surface area contributed by atoms with Gasteiger partial charge in [-0.2, -0.15) is 0 Å². The van der Waals surface area contributed by atoms with Gasteiger partial charge in [-0.1, -0.05) is 37.6 Å². The number of aryl methyl sites for hydroxylation is 1. The quantitative estimate of drug-likeness (QED) is 0.763. The number of benzene rings is 1. The zero-order valence-electron chi connectivity index (χ0n) is 15.8. The maximum atomic E-state index is 12.3. The van der Waals surface area contributed by atoms with E-state index in [-0.39, 0.29) is 0 Å². The second-order valence-corrected chi connectivity index (χ2v) is 8.23. The molecule has 2 aliphatic rings. The molecule has 0 saturated carbocycles. The highest BCUT2D eigenvalue weighted by Crippen LogP contribution is 2.31. The minimum absolute atomic E-state index is 0.344. The number of halogens is 1. The molecule has 0 aromatic heterocycles. The third-order valence-electron chi connectivity index (χ3n) is 6.10. The molecule has 1 aromatic rings. The average molecular weight is 363 g/mol. The highest BCUT2D eigenvalue weighted by molar-refractivity contribution is 6.31. The van der Waals surface area contributed by atoms with E-state index in [4.69, 9.17) is 11.6 Å². The Bertz CT molecular complexity index is 618. The molecule has 3 unspecified atom stereocenters. The lowest BCUT2D eigenvalue weighted by molar-refractivity contribution is -0.133. The van der Waals surface area contributed by atoms with E-state index in [9.17, 15) is 4.79 Å². The van der Waals surface area contributed by atoms with E-state index in [0.29, 0.717) is 30.3 Å². The van der Waals surface area contributed by atoms with Crippen molar-refractivity contribution in [3.63, 3.8) is 0 Å². The summed E-state index contributed by atoms with van der Waals surface area (Å²) in [6, 6.07) is 7.36. The molecular formula is C21H31ClN2O. The maximum Gasteiger partial charge on any atom is 0.222 e. The molecule has 2 saturated heterocycles. The Balaban J connectivity index is 1.57. The average Bonchev–Trinajstić information content (AvgIpc) is 2.90. The molecule has 0 N–H and O–H groups in total. The summed E-state index contributed by atoms with van der Waals surface area (Å²) in [5.74, 6) is 0.851. The number of nitrogens with zero attached hydrogens (tertiary/aromatic N) is 2. The van der Waals surface area contributed by atoms with Crippen LogP contribution in [-0.2, 0) is 4.79 Å². The largest absolute Gasteiger partial charge is 0.335 e. The number of carbonyl (C=O) groups excluding carboxylic acids is 1. The lowest BCUT2D eigenvalue weighted by Crippen LogP contribution is -2.43. The number of rotatable bonds is 5. The zero-order chi connectivity index (χ0) is 18.0. The van der Waals surface area contributed by atoms with Gasteiger partial charge in [-0.15, -0.1) is 0 Å². The van der Waals surface area contributed by atoms with Crippen molar-refractivity contribution in [2.45, 2.75) is 70.9 Å². The van der Waals surface area contributed by atoms with E-state index in [2.05, 4.69) is 34.9 Å². The molecule has 4 heteroatoms.